The Bertz CT molecular complexity index is 3550. The molecule has 0 bridgehead atoms. The van der Waals surface area contributed by atoms with E-state index < -0.39 is 0 Å². The Labute approximate surface area is 375 Å². The number of aromatic nitrogens is 12. The molecule has 3 aromatic carbocycles. The largest absolute Gasteiger partial charge is 0.348 e. The van der Waals surface area contributed by atoms with E-state index in [4.69, 9.17) is 15.0 Å². The molecule has 3 N–H and O–H groups in total. The first-order valence-electron chi connectivity index (χ1n) is 21.4. The Morgan fingerprint density at radius 3 is 1.82 bits per heavy atom. The maximum Gasteiger partial charge on any atom is 0.158 e. The molecule has 0 atom stereocenters. The molecule has 0 fully saturated rings. The van der Waals surface area contributed by atoms with Gasteiger partial charge < -0.3 is 47.6 Å². The first-order chi connectivity index (χ1) is 31.6. The molecular formula is C51H48N14. The van der Waals surface area contributed by atoms with Crippen LogP contribution in [-0.4, -0.2) is 56.9 Å². The number of nitrogens with zero attached hydrogens (tertiary/aromatic N) is 11. The molecule has 0 radical (unpaired) electrons. The fourth-order valence-electron chi connectivity index (χ4n) is 9.01. The molecule has 0 aliphatic carbocycles. The second-order valence-electron chi connectivity index (χ2n) is 16.7. The van der Waals surface area contributed by atoms with Crippen LogP contribution in [0.2, 0.25) is 0 Å². The lowest BCUT2D eigenvalue weighted by molar-refractivity contribution is 0.856. The Morgan fingerprint density at radius 2 is 1.09 bits per heavy atom. The van der Waals surface area contributed by atoms with Crippen LogP contribution in [0.4, 0.5) is 23.0 Å². The number of nitrogens with one attached hydrogen (secondary N) is 3. The van der Waals surface area contributed by atoms with Crippen LogP contribution in [0.3, 0.4) is 0 Å². The molecule has 0 unspecified atom stereocenters. The second-order valence-corrected chi connectivity index (χ2v) is 16.7. The lowest BCUT2D eigenvalue weighted by Gasteiger charge is -2.14. The zero-order valence-corrected chi connectivity index (χ0v) is 37.3. The van der Waals surface area contributed by atoms with E-state index in [9.17, 15) is 0 Å². The minimum absolute atomic E-state index is 0.858. The van der Waals surface area contributed by atoms with Crippen molar-refractivity contribution in [1.82, 2.24) is 56.9 Å². The molecule has 0 amide bonds. The zero-order valence-electron chi connectivity index (χ0n) is 37.3. The van der Waals surface area contributed by atoms with E-state index in [-0.39, 0.29) is 0 Å². The van der Waals surface area contributed by atoms with Crippen LogP contribution in [0.25, 0.3) is 90.7 Å². The fourth-order valence-corrected chi connectivity index (χ4v) is 9.01. The number of hydrogen-bond acceptors (Lipinski definition) is 6. The summed E-state index contributed by atoms with van der Waals surface area (Å²) in [4.78, 5) is 22.3. The summed E-state index contributed by atoms with van der Waals surface area (Å²) in [6.45, 7) is 0. The van der Waals surface area contributed by atoms with Crippen LogP contribution in [0, 0.1) is 0 Å². The number of hydrogen-bond donors (Lipinski definition) is 3. The highest BCUT2D eigenvalue weighted by atomic mass is 15.2. The van der Waals surface area contributed by atoms with Gasteiger partial charge >= 0.3 is 0 Å². The molecule has 8 heterocycles. The summed E-state index contributed by atoms with van der Waals surface area (Å²) in [5.74, 6) is 4.47. The molecule has 11 rings (SSSR count). The van der Waals surface area contributed by atoms with E-state index >= 15 is 0 Å². The predicted molar refractivity (Wildman–Crippen MR) is 260 cm³/mol. The Hall–Kier alpha value is -8.52. The Morgan fingerprint density at radius 1 is 0.446 bits per heavy atom. The van der Waals surface area contributed by atoms with E-state index in [2.05, 4.69) is 178 Å². The van der Waals surface area contributed by atoms with Crippen LogP contribution in [0.5, 0.6) is 0 Å². The van der Waals surface area contributed by atoms with Gasteiger partial charge in [0, 0.05) is 78.2 Å². The normalized spacial score (nSPS) is 11.6. The number of benzene rings is 3. The van der Waals surface area contributed by atoms with Crippen LogP contribution in [-0.2, 0) is 49.3 Å². The van der Waals surface area contributed by atoms with E-state index in [0.29, 0.717) is 0 Å². The molecular weight excluding hydrogens is 809 g/mol. The first-order valence-corrected chi connectivity index (χ1v) is 21.4. The van der Waals surface area contributed by atoms with Gasteiger partial charge in [-0.1, -0.05) is 30.3 Å². The summed E-state index contributed by atoms with van der Waals surface area (Å²) in [5, 5.41) is 7.30. The molecule has 8 aromatic heterocycles. The van der Waals surface area contributed by atoms with Crippen molar-refractivity contribution in [2.24, 2.45) is 49.3 Å². The summed E-state index contributed by atoms with van der Waals surface area (Å²) < 4.78 is 14.9. The minimum atomic E-state index is 0.858. The number of fused-ring (bicyclic) bond motifs is 1. The van der Waals surface area contributed by atoms with Gasteiger partial charge in [0.1, 0.15) is 17.3 Å². The lowest BCUT2D eigenvalue weighted by atomic mass is 10.0. The second kappa shape index (κ2) is 15.4. The Balaban J connectivity index is 0.792. The summed E-state index contributed by atoms with van der Waals surface area (Å²) in [5.41, 5.74) is 15.6. The van der Waals surface area contributed by atoms with Crippen molar-refractivity contribution >= 4 is 34.0 Å². The standard InChI is InChI=1S/C51H48N14/c1-59-24-10-15-43(59)49-57-37-17-16-34(27-38(37)58-49)39-18-21-44(61(39)3)50-54-30-48(65(50)7)56-36-14-9-12-33(26-36)32-11-8-13-35(25-32)55-47-23-22-41(63(47)5)40-19-20-42(62(40)4)45-29-53-51(64(45)6)46-28-52-31-60(46)2/h8-31,55-56H,1-7H3,(H,57,58). The average molecular weight is 857 g/mol. The van der Waals surface area contributed by atoms with Gasteiger partial charge in [0.25, 0.3) is 0 Å². The number of imidazole rings is 4. The molecule has 0 saturated carbocycles. The first kappa shape index (κ1) is 39.3. The van der Waals surface area contributed by atoms with Crippen molar-refractivity contribution in [2.75, 3.05) is 10.6 Å². The zero-order chi connectivity index (χ0) is 44.5. The van der Waals surface area contributed by atoms with Gasteiger partial charge in [-0.05, 0) is 96.1 Å². The molecule has 14 heteroatoms. The van der Waals surface area contributed by atoms with Crippen LogP contribution in [0.1, 0.15) is 0 Å². The third-order valence-electron chi connectivity index (χ3n) is 12.7. The summed E-state index contributed by atoms with van der Waals surface area (Å²) in [7, 11) is 14.4. The van der Waals surface area contributed by atoms with Crippen molar-refractivity contribution in [3.05, 3.63) is 146 Å². The average Bonchev–Trinajstić information content (AvgIpc) is 4.20. The number of H-pyrrole nitrogens is 1. The molecule has 0 aliphatic rings. The number of anilines is 4. The van der Waals surface area contributed by atoms with E-state index in [1.54, 1.807) is 6.33 Å². The fraction of sp³-hybridized carbons (Fsp3) is 0.137. The maximum atomic E-state index is 4.92. The molecule has 14 nitrogen and oxygen atoms in total. The van der Waals surface area contributed by atoms with Gasteiger partial charge in [0.15, 0.2) is 17.5 Å². The van der Waals surface area contributed by atoms with Crippen molar-refractivity contribution in [3.8, 4) is 79.7 Å². The molecule has 322 valence electrons. The molecule has 65 heavy (non-hydrogen) atoms. The number of aromatic amines is 1. The minimum Gasteiger partial charge on any atom is -0.348 e. The quantitative estimate of drug-likeness (QED) is 0.119. The van der Waals surface area contributed by atoms with Gasteiger partial charge in [0.2, 0.25) is 0 Å². The van der Waals surface area contributed by atoms with E-state index in [0.717, 1.165) is 114 Å². The van der Waals surface area contributed by atoms with Gasteiger partial charge in [-0.15, -0.1) is 0 Å². The van der Waals surface area contributed by atoms with E-state index in [1.165, 1.54) is 0 Å². The maximum absolute atomic E-state index is 4.92. The van der Waals surface area contributed by atoms with Gasteiger partial charge in [-0.3, -0.25) is 0 Å². The third-order valence-corrected chi connectivity index (χ3v) is 12.7. The van der Waals surface area contributed by atoms with Gasteiger partial charge in [0.05, 0.1) is 70.1 Å². The SMILES string of the molecule is Cn1cccc1-c1nc2cc(-c3ccc(-c4ncc(Nc5cccc(-c6cccc(Nc7ccc(-c8ccc(-c9cnc(-c%10cncn%10C)n9C)n8C)n7C)c6)c5)n4C)n3C)ccc2[nH]1. The monoisotopic (exact) mass is 856 g/mol. The highest BCUT2D eigenvalue weighted by molar-refractivity contribution is 5.85. The highest BCUT2D eigenvalue weighted by Crippen LogP contribution is 2.35. The Kier molecular flexibility index (Phi) is 9.31. The molecule has 11 aromatic rings. The predicted octanol–water partition coefficient (Wildman–Crippen LogP) is 10.3. The summed E-state index contributed by atoms with van der Waals surface area (Å²) in [6.07, 6.45) is 9.49. The number of aryl methyl sites for hydroxylation is 2. The number of rotatable bonds is 11. The summed E-state index contributed by atoms with van der Waals surface area (Å²) in [6, 6.07) is 40.4. The molecule has 0 aliphatic heterocycles. The van der Waals surface area contributed by atoms with Crippen LogP contribution >= 0.6 is 0 Å². The van der Waals surface area contributed by atoms with Crippen LogP contribution < -0.4 is 10.6 Å². The molecule has 0 saturated heterocycles. The van der Waals surface area contributed by atoms with Crippen molar-refractivity contribution in [3.63, 3.8) is 0 Å². The van der Waals surface area contributed by atoms with Crippen molar-refractivity contribution in [2.45, 2.75) is 0 Å². The summed E-state index contributed by atoms with van der Waals surface area (Å²) >= 11 is 0. The van der Waals surface area contributed by atoms with Crippen LogP contribution in [0.15, 0.2) is 146 Å². The van der Waals surface area contributed by atoms with Gasteiger partial charge in [-0.2, -0.15) is 0 Å². The van der Waals surface area contributed by atoms with Crippen molar-refractivity contribution < 1.29 is 0 Å². The highest BCUT2D eigenvalue weighted by Gasteiger charge is 2.20. The smallest absolute Gasteiger partial charge is 0.158 e. The van der Waals surface area contributed by atoms with Gasteiger partial charge in [-0.25, -0.2) is 19.9 Å². The topological polar surface area (TPSA) is 126 Å². The third kappa shape index (κ3) is 6.74. The lowest BCUT2D eigenvalue weighted by Crippen LogP contribution is -2.04. The van der Waals surface area contributed by atoms with Crippen molar-refractivity contribution in [1.29, 1.82) is 0 Å². The van der Waals surface area contributed by atoms with E-state index in [1.807, 2.05) is 63.6 Å². The molecule has 0 spiro atoms.